The number of hydrogen-bond acceptors (Lipinski definition) is 4. The van der Waals surface area contributed by atoms with Gasteiger partial charge in [0, 0.05) is 18.3 Å². The Morgan fingerprint density at radius 3 is 2.70 bits per heavy atom. The Labute approximate surface area is 138 Å². The van der Waals surface area contributed by atoms with Crippen LogP contribution in [0.2, 0.25) is 0 Å². The number of aliphatic hydroxyl groups is 1. The van der Waals surface area contributed by atoms with Crippen LogP contribution in [0.5, 0.6) is 0 Å². The first-order valence-corrected chi connectivity index (χ1v) is 8.52. The molecule has 5 nitrogen and oxygen atoms in total. The molecule has 1 saturated heterocycles. The van der Waals surface area contributed by atoms with Crippen molar-refractivity contribution >= 4 is 11.8 Å². The molecule has 1 aliphatic rings. The van der Waals surface area contributed by atoms with Crippen LogP contribution in [0.15, 0.2) is 24.3 Å². The average Bonchev–Trinajstić information content (AvgIpc) is 3.00. The maximum atomic E-state index is 11.7. The molecule has 2 atom stereocenters. The van der Waals surface area contributed by atoms with Crippen LogP contribution in [0, 0.1) is 5.92 Å². The Morgan fingerprint density at radius 1 is 1.35 bits per heavy atom. The summed E-state index contributed by atoms with van der Waals surface area (Å²) in [4.78, 5) is 13.3. The van der Waals surface area contributed by atoms with Crippen molar-refractivity contribution in [2.45, 2.75) is 45.8 Å². The van der Waals surface area contributed by atoms with Crippen LogP contribution in [-0.4, -0.2) is 37.0 Å². The van der Waals surface area contributed by atoms with Gasteiger partial charge >= 0.3 is 6.09 Å². The fraction of sp³-hybridized carbons (Fsp3) is 0.611. The second-order valence-corrected chi connectivity index (χ2v) is 6.13. The molecule has 2 N–H and O–H groups in total. The van der Waals surface area contributed by atoms with E-state index < -0.39 is 0 Å². The molecule has 2 rings (SSSR count). The minimum absolute atomic E-state index is 0.109. The summed E-state index contributed by atoms with van der Waals surface area (Å²) in [7, 11) is 0. The number of carbonyl (C=O) groups excluding carboxylic acids is 1. The highest BCUT2D eigenvalue weighted by Gasteiger charge is 2.24. The molecule has 0 aliphatic carbocycles. The van der Waals surface area contributed by atoms with E-state index in [0.29, 0.717) is 25.6 Å². The number of nitrogens with one attached hydrogen (secondary N) is 1. The number of anilines is 1. The summed E-state index contributed by atoms with van der Waals surface area (Å²) in [5.74, 6) is 0.334. The number of cyclic esters (lactones) is 1. The van der Waals surface area contributed by atoms with Gasteiger partial charge in [-0.15, -0.1) is 0 Å². The van der Waals surface area contributed by atoms with Crippen molar-refractivity contribution < 1.29 is 14.6 Å². The van der Waals surface area contributed by atoms with E-state index in [1.807, 2.05) is 24.3 Å². The van der Waals surface area contributed by atoms with Gasteiger partial charge in [0.2, 0.25) is 0 Å². The number of nitrogens with zero attached hydrogens (tertiary/aromatic N) is 1. The van der Waals surface area contributed by atoms with Crippen molar-refractivity contribution in [1.29, 1.82) is 0 Å². The second-order valence-electron chi connectivity index (χ2n) is 6.13. The minimum Gasteiger partial charge on any atom is -0.447 e. The van der Waals surface area contributed by atoms with Gasteiger partial charge in [-0.25, -0.2) is 4.79 Å². The van der Waals surface area contributed by atoms with Gasteiger partial charge in [0.05, 0.1) is 12.6 Å². The largest absolute Gasteiger partial charge is 0.447 e. The molecular formula is C18H28N2O3. The summed E-state index contributed by atoms with van der Waals surface area (Å²) in [5.41, 5.74) is 1.96. The zero-order valence-electron chi connectivity index (χ0n) is 14.3. The Balaban J connectivity index is 1.97. The smallest absolute Gasteiger partial charge is 0.414 e. The molecule has 1 heterocycles. The van der Waals surface area contributed by atoms with Crippen LogP contribution in [-0.2, 0) is 4.74 Å². The van der Waals surface area contributed by atoms with Gasteiger partial charge < -0.3 is 15.2 Å². The van der Waals surface area contributed by atoms with Crippen LogP contribution in [0.3, 0.4) is 0 Å². The fourth-order valence-corrected chi connectivity index (χ4v) is 3.00. The molecule has 1 amide bonds. The number of aliphatic hydroxyl groups excluding tert-OH is 1. The summed E-state index contributed by atoms with van der Waals surface area (Å²) < 4.78 is 4.99. The number of carbonyl (C=O) groups is 1. The Bertz CT molecular complexity index is 517. The van der Waals surface area contributed by atoms with Crippen LogP contribution in [0.25, 0.3) is 0 Å². The molecule has 0 radical (unpaired) electrons. The molecule has 128 valence electrons. The molecule has 1 aromatic rings. The maximum Gasteiger partial charge on any atom is 0.414 e. The number of benzene rings is 1. The minimum atomic E-state index is -0.329. The Morgan fingerprint density at radius 2 is 2.09 bits per heavy atom. The molecular weight excluding hydrogens is 292 g/mol. The van der Waals surface area contributed by atoms with Gasteiger partial charge in [0.15, 0.2) is 0 Å². The van der Waals surface area contributed by atoms with Crippen molar-refractivity contribution in [3.63, 3.8) is 0 Å². The molecule has 5 heteroatoms. The SMILES string of the molecule is CCC(CC)C(O)CNC(C)c1cccc(N2CCOC2=O)c1. The highest BCUT2D eigenvalue weighted by molar-refractivity contribution is 5.89. The summed E-state index contributed by atoms with van der Waals surface area (Å²) in [6, 6.07) is 8.02. The standard InChI is InChI=1S/C18H28N2O3/c1-4-14(5-2)17(21)12-19-13(3)15-7-6-8-16(11-15)20-9-10-23-18(20)22/h6-8,11,13-14,17,19,21H,4-5,9-10,12H2,1-3H3. The molecule has 0 aromatic heterocycles. The second kappa shape index (κ2) is 8.31. The van der Waals surface area contributed by atoms with Crippen molar-refractivity contribution in [2.75, 3.05) is 24.6 Å². The number of rotatable bonds is 8. The summed E-state index contributed by atoms with van der Waals surface area (Å²) in [5, 5.41) is 13.6. The van der Waals surface area contributed by atoms with Gasteiger partial charge in [-0.1, -0.05) is 38.8 Å². The predicted octanol–water partition coefficient (Wildman–Crippen LogP) is 3.09. The molecule has 23 heavy (non-hydrogen) atoms. The molecule has 0 saturated carbocycles. The highest BCUT2D eigenvalue weighted by atomic mass is 16.6. The van der Waals surface area contributed by atoms with Crippen LogP contribution in [0.1, 0.15) is 45.2 Å². The summed E-state index contributed by atoms with van der Waals surface area (Å²) in [6.07, 6.45) is 1.36. The van der Waals surface area contributed by atoms with E-state index in [0.717, 1.165) is 24.1 Å². The summed E-state index contributed by atoms with van der Waals surface area (Å²) in [6.45, 7) is 7.90. The van der Waals surface area contributed by atoms with Crippen LogP contribution in [0.4, 0.5) is 10.5 Å². The molecule has 0 spiro atoms. The van der Waals surface area contributed by atoms with Crippen molar-refractivity contribution in [2.24, 2.45) is 5.92 Å². The third-order valence-electron chi connectivity index (χ3n) is 4.67. The lowest BCUT2D eigenvalue weighted by Gasteiger charge is -2.23. The van der Waals surface area contributed by atoms with Crippen molar-refractivity contribution in [3.05, 3.63) is 29.8 Å². The quantitative estimate of drug-likeness (QED) is 0.773. The monoisotopic (exact) mass is 320 g/mol. The lowest BCUT2D eigenvalue weighted by Crippen LogP contribution is -2.34. The third kappa shape index (κ3) is 4.45. The van der Waals surface area contributed by atoms with Gasteiger partial charge in [-0.3, -0.25) is 4.90 Å². The predicted molar refractivity (Wildman–Crippen MR) is 91.6 cm³/mol. The molecule has 2 unspecified atom stereocenters. The number of hydrogen-bond donors (Lipinski definition) is 2. The van der Waals surface area contributed by atoms with E-state index in [1.165, 1.54) is 0 Å². The topological polar surface area (TPSA) is 61.8 Å². The van der Waals surface area contributed by atoms with E-state index in [-0.39, 0.29) is 18.2 Å². The Hall–Kier alpha value is -1.59. The van der Waals surface area contributed by atoms with Crippen LogP contribution < -0.4 is 10.2 Å². The maximum absolute atomic E-state index is 11.7. The number of amides is 1. The van der Waals surface area contributed by atoms with Crippen molar-refractivity contribution in [3.8, 4) is 0 Å². The zero-order valence-corrected chi connectivity index (χ0v) is 14.3. The van der Waals surface area contributed by atoms with E-state index in [9.17, 15) is 9.90 Å². The molecule has 1 aliphatic heterocycles. The van der Waals surface area contributed by atoms with Gasteiger partial charge in [0.25, 0.3) is 0 Å². The first-order chi connectivity index (χ1) is 11.1. The zero-order chi connectivity index (χ0) is 16.8. The van der Waals surface area contributed by atoms with Crippen molar-refractivity contribution in [1.82, 2.24) is 5.32 Å². The molecule has 0 bridgehead atoms. The molecule has 1 aromatic carbocycles. The van der Waals surface area contributed by atoms with E-state index in [2.05, 4.69) is 26.1 Å². The highest BCUT2D eigenvalue weighted by Crippen LogP contribution is 2.23. The number of ether oxygens (including phenoxy) is 1. The molecule has 1 fully saturated rings. The van der Waals surface area contributed by atoms with Gasteiger partial charge in [-0.05, 0) is 30.5 Å². The van der Waals surface area contributed by atoms with Gasteiger partial charge in [0.1, 0.15) is 6.61 Å². The van der Waals surface area contributed by atoms with E-state index in [1.54, 1.807) is 4.90 Å². The average molecular weight is 320 g/mol. The fourth-order valence-electron chi connectivity index (χ4n) is 3.00. The Kier molecular flexibility index (Phi) is 6.42. The van der Waals surface area contributed by atoms with Gasteiger partial charge in [-0.2, -0.15) is 0 Å². The lowest BCUT2D eigenvalue weighted by atomic mass is 9.96. The summed E-state index contributed by atoms with van der Waals surface area (Å²) >= 11 is 0. The third-order valence-corrected chi connectivity index (χ3v) is 4.67. The lowest BCUT2D eigenvalue weighted by molar-refractivity contribution is 0.0989. The van der Waals surface area contributed by atoms with Crippen LogP contribution >= 0.6 is 0 Å². The van der Waals surface area contributed by atoms with E-state index in [4.69, 9.17) is 4.74 Å². The van der Waals surface area contributed by atoms with E-state index >= 15 is 0 Å². The normalized spacial score (nSPS) is 17.4. The first-order valence-electron chi connectivity index (χ1n) is 8.52. The first kappa shape index (κ1) is 17.8.